The van der Waals surface area contributed by atoms with Gasteiger partial charge in [-0.2, -0.15) is 9.78 Å². The number of rotatable bonds is 17. The van der Waals surface area contributed by atoms with Crippen molar-refractivity contribution in [1.29, 1.82) is 0 Å². The van der Waals surface area contributed by atoms with Gasteiger partial charge in [-0.05, 0) is 110 Å². The Labute approximate surface area is 374 Å². The van der Waals surface area contributed by atoms with E-state index in [1.165, 1.54) is 19.3 Å². The molecule has 346 valence electrons. The van der Waals surface area contributed by atoms with E-state index in [-0.39, 0.29) is 33.5 Å². The number of hydrogen-bond acceptors (Lipinski definition) is 6. The number of nitrogens with zero attached hydrogens (tertiary/aromatic N) is 8. The average molecular weight is 844 g/mol. The molecule has 1 aliphatic heterocycles. The standard InChI is InChI=1S/C52H93N9/c1-33(29-47(5,6)7)23-25-37(27-35(3)31-49(11,12)13)43-54-56-45-39(41(51(17,18)19)58-60(43)45)53-40-42(52(20,21)22)59-61-44(55-57-46(40)61)38(28-36(4)32-50(14,15)16)26-24-34(2)30-48(8,9)10/h33-38,58H,23-32H2,1-22H3. The minimum absolute atomic E-state index is 0.234. The number of hydrogen-bond donors (Lipinski definition) is 1. The minimum Gasteiger partial charge on any atom is -0.292 e. The second-order valence-electron chi connectivity index (χ2n) is 27.2. The molecule has 0 spiro atoms. The first-order valence-electron chi connectivity index (χ1n) is 24.2. The van der Waals surface area contributed by atoms with Gasteiger partial charge in [0.15, 0.2) is 11.6 Å². The molecule has 0 saturated carbocycles. The van der Waals surface area contributed by atoms with Crippen LogP contribution in [0, 0.1) is 50.7 Å². The predicted octanol–water partition coefficient (Wildman–Crippen LogP) is 15.1. The van der Waals surface area contributed by atoms with E-state index in [0.29, 0.717) is 34.5 Å². The Morgan fingerprint density at radius 2 is 0.934 bits per heavy atom. The third-order valence-electron chi connectivity index (χ3n) is 12.3. The Bertz CT molecular complexity index is 1940. The molecule has 6 atom stereocenters. The summed E-state index contributed by atoms with van der Waals surface area (Å²) in [6.07, 6.45) is 11.3. The topological polar surface area (TPSA) is 101 Å². The molecule has 1 aliphatic rings. The molecule has 0 fully saturated rings. The molecule has 1 N–H and O–H groups in total. The zero-order chi connectivity index (χ0) is 46.3. The third-order valence-corrected chi connectivity index (χ3v) is 12.3. The van der Waals surface area contributed by atoms with Gasteiger partial charge in [0.25, 0.3) is 0 Å². The van der Waals surface area contributed by atoms with Crippen LogP contribution in [0.25, 0.3) is 5.65 Å². The highest BCUT2D eigenvalue weighted by molar-refractivity contribution is 6.50. The Morgan fingerprint density at radius 3 is 1.36 bits per heavy atom. The van der Waals surface area contributed by atoms with Crippen molar-refractivity contribution in [3.63, 3.8) is 0 Å². The first kappa shape index (κ1) is 50.8. The summed E-state index contributed by atoms with van der Waals surface area (Å²) in [5.74, 6) is 5.60. The molecule has 0 aliphatic carbocycles. The summed E-state index contributed by atoms with van der Waals surface area (Å²) in [4.78, 5) is 5.60. The van der Waals surface area contributed by atoms with Crippen LogP contribution in [-0.2, 0) is 5.41 Å². The van der Waals surface area contributed by atoms with Crippen LogP contribution in [0.2, 0.25) is 0 Å². The van der Waals surface area contributed by atoms with Gasteiger partial charge in [-0.3, -0.25) is 5.10 Å². The summed E-state index contributed by atoms with van der Waals surface area (Å²) in [5, 5.41) is 29.2. The zero-order valence-electron chi connectivity index (χ0n) is 43.6. The third kappa shape index (κ3) is 14.6. The van der Waals surface area contributed by atoms with Crippen molar-refractivity contribution in [3.05, 3.63) is 23.2 Å². The van der Waals surface area contributed by atoms with Crippen molar-refractivity contribution in [2.75, 3.05) is 0 Å². The first-order valence-corrected chi connectivity index (χ1v) is 24.2. The van der Waals surface area contributed by atoms with Crippen molar-refractivity contribution in [3.8, 4) is 0 Å². The number of fused-ring (bicyclic) bond motifs is 2. The second-order valence-corrected chi connectivity index (χ2v) is 27.2. The van der Waals surface area contributed by atoms with Gasteiger partial charge < -0.3 is 0 Å². The maximum Gasteiger partial charge on any atom is 0.205 e. The van der Waals surface area contributed by atoms with Crippen molar-refractivity contribution >= 4 is 22.8 Å². The molecule has 61 heavy (non-hydrogen) atoms. The maximum absolute atomic E-state index is 5.60. The summed E-state index contributed by atoms with van der Waals surface area (Å²) < 4.78 is 4.23. The van der Waals surface area contributed by atoms with Crippen LogP contribution < -0.4 is 0 Å². The van der Waals surface area contributed by atoms with Gasteiger partial charge in [-0.25, -0.2) is 9.51 Å². The van der Waals surface area contributed by atoms with Crippen molar-refractivity contribution in [1.82, 2.24) is 34.7 Å². The van der Waals surface area contributed by atoms with Gasteiger partial charge >= 0.3 is 0 Å². The average Bonchev–Trinajstić information content (AvgIpc) is 3.79. The highest BCUT2D eigenvalue weighted by Crippen LogP contribution is 2.42. The molecule has 9 heteroatoms. The Balaban J connectivity index is 1.85. The van der Waals surface area contributed by atoms with E-state index < -0.39 is 0 Å². The Morgan fingerprint density at radius 1 is 0.508 bits per heavy atom. The van der Waals surface area contributed by atoms with Gasteiger partial charge in [-0.1, -0.05) is 152 Å². The number of H-pyrrole nitrogens is 1. The molecule has 4 rings (SSSR count). The van der Waals surface area contributed by atoms with Gasteiger partial charge in [0.1, 0.15) is 11.4 Å². The van der Waals surface area contributed by atoms with Gasteiger partial charge in [0.2, 0.25) is 11.5 Å². The number of aromatic amines is 1. The molecule has 0 radical (unpaired) electrons. The fourth-order valence-corrected chi connectivity index (χ4v) is 10.7. The van der Waals surface area contributed by atoms with Crippen LogP contribution in [0.1, 0.15) is 252 Å². The Kier molecular flexibility index (Phi) is 15.6. The SMILES string of the molecule is CC(CCC(CC(C)CC(C)(C)C)c1nnc2n1N=C(C(C)(C)C)C2=Nc1c(C(C)(C)C)[nH]n2c(C(CCC(C)CC(C)(C)C)CC(C)CC(C)(C)C)nnc12)CC(C)(C)C. The summed E-state index contributed by atoms with van der Waals surface area (Å²) in [6, 6.07) is 0. The molecule has 0 amide bonds. The van der Waals surface area contributed by atoms with E-state index in [1.807, 2.05) is 0 Å². The lowest BCUT2D eigenvalue weighted by Gasteiger charge is -2.28. The van der Waals surface area contributed by atoms with Gasteiger partial charge in [0.05, 0.1) is 11.4 Å². The lowest BCUT2D eigenvalue weighted by molar-refractivity contribution is 0.261. The first-order chi connectivity index (χ1) is 27.6. The highest BCUT2D eigenvalue weighted by Gasteiger charge is 2.39. The molecule has 4 heterocycles. The summed E-state index contributed by atoms with van der Waals surface area (Å²) in [6.45, 7) is 51.4. The van der Waals surface area contributed by atoms with Gasteiger partial charge in [0, 0.05) is 22.7 Å². The number of nitrogens with one attached hydrogen (secondary N) is 1. The number of aromatic nitrogens is 7. The summed E-state index contributed by atoms with van der Waals surface area (Å²) in [5.41, 5.74) is 4.99. The van der Waals surface area contributed by atoms with E-state index in [9.17, 15) is 0 Å². The van der Waals surface area contributed by atoms with Crippen molar-refractivity contribution in [2.24, 2.45) is 60.8 Å². The summed E-state index contributed by atoms with van der Waals surface area (Å²) >= 11 is 0. The van der Waals surface area contributed by atoms with E-state index in [4.69, 9.17) is 30.5 Å². The number of aliphatic imine (C=N–C) groups is 1. The molecular formula is C52H93N9. The molecular weight excluding hydrogens is 751 g/mol. The molecule has 3 aromatic heterocycles. The summed E-state index contributed by atoms with van der Waals surface area (Å²) in [7, 11) is 0. The van der Waals surface area contributed by atoms with Crippen LogP contribution in [0.15, 0.2) is 10.1 Å². The van der Waals surface area contributed by atoms with Crippen molar-refractivity contribution < 1.29 is 0 Å². The fraction of sp³-hybridized carbons (Fsp3) is 0.846. The largest absolute Gasteiger partial charge is 0.292 e. The Hall–Kier alpha value is -2.84. The lowest BCUT2D eigenvalue weighted by Crippen LogP contribution is -2.27. The van der Waals surface area contributed by atoms with Crippen LogP contribution in [-0.4, -0.2) is 46.1 Å². The van der Waals surface area contributed by atoms with Crippen LogP contribution in [0.5, 0.6) is 0 Å². The lowest BCUT2D eigenvalue weighted by atomic mass is 9.78. The molecule has 0 bridgehead atoms. The zero-order valence-corrected chi connectivity index (χ0v) is 43.6. The maximum atomic E-state index is 5.60. The molecule has 0 saturated heterocycles. The molecule has 0 aromatic carbocycles. The van der Waals surface area contributed by atoms with Crippen molar-refractivity contribution in [2.45, 2.75) is 234 Å². The molecule has 3 aromatic rings. The van der Waals surface area contributed by atoms with E-state index in [0.717, 1.165) is 90.9 Å². The molecule has 6 unspecified atom stereocenters. The predicted molar refractivity (Wildman–Crippen MR) is 261 cm³/mol. The van der Waals surface area contributed by atoms with Gasteiger partial charge in [-0.15, -0.1) is 20.4 Å². The normalized spacial score (nSPS) is 18.4. The minimum atomic E-state index is -0.279. The molecule has 9 nitrogen and oxygen atoms in total. The quantitative estimate of drug-likeness (QED) is 0.146. The van der Waals surface area contributed by atoms with Crippen LogP contribution in [0.4, 0.5) is 5.69 Å². The van der Waals surface area contributed by atoms with E-state index in [1.54, 1.807) is 0 Å². The van der Waals surface area contributed by atoms with Crippen LogP contribution in [0.3, 0.4) is 0 Å². The highest BCUT2D eigenvalue weighted by atomic mass is 15.5. The smallest absolute Gasteiger partial charge is 0.205 e. The van der Waals surface area contributed by atoms with Crippen LogP contribution >= 0.6 is 0 Å². The second kappa shape index (κ2) is 18.7. The van der Waals surface area contributed by atoms with E-state index in [2.05, 4.69) is 167 Å². The fourth-order valence-electron chi connectivity index (χ4n) is 10.7. The van der Waals surface area contributed by atoms with E-state index >= 15 is 0 Å². The monoisotopic (exact) mass is 844 g/mol.